The Morgan fingerprint density at radius 3 is 2.85 bits per heavy atom. The van der Waals surface area contributed by atoms with Crippen LogP contribution < -0.4 is 16.6 Å². The monoisotopic (exact) mass is 274 g/mol. The number of pyridine rings is 1. The fourth-order valence-corrected chi connectivity index (χ4v) is 1.74. The number of methoxy groups -OCH3 is 1. The molecule has 0 saturated carbocycles. The van der Waals surface area contributed by atoms with Crippen LogP contribution in [0.5, 0.6) is 0 Å². The van der Waals surface area contributed by atoms with E-state index in [9.17, 15) is 0 Å². The van der Waals surface area contributed by atoms with Crippen molar-refractivity contribution in [2.45, 2.75) is 13.0 Å². The van der Waals surface area contributed by atoms with Crippen LogP contribution in [0.4, 0.5) is 11.6 Å². The molecule has 0 radical (unpaired) electrons. The van der Waals surface area contributed by atoms with E-state index >= 15 is 0 Å². The second kappa shape index (κ2) is 7.37. The molecule has 7 nitrogen and oxygen atoms in total. The summed E-state index contributed by atoms with van der Waals surface area (Å²) in [5, 5.41) is 3.24. The Hall–Kier alpha value is -2.25. The number of nitrogen functional groups attached to an aromatic ring is 1. The Morgan fingerprint density at radius 2 is 2.15 bits per heavy atom. The van der Waals surface area contributed by atoms with Gasteiger partial charge in [-0.1, -0.05) is 6.07 Å². The Labute approximate surface area is 117 Å². The van der Waals surface area contributed by atoms with Gasteiger partial charge < -0.3 is 15.5 Å². The van der Waals surface area contributed by atoms with Gasteiger partial charge in [0.1, 0.15) is 18.2 Å². The zero-order valence-corrected chi connectivity index (χ0v) is 11.3. The van der Waals surface area contributed by atoms with E-state index in [1.54, 1.807) is 19.4 Å². The quantitative estimate of drug-likeness (QED) is 0.511. The highest BCUT2D eigenvalue weighted by molar-refractivity contribution is 5.46. The van der Waals surface area contributed by atoms with E-state index in [0.29, 0.717) is 24.1 Å². The fourth-order valence-electron chi connectivity index (χ4n) is 1.74. The second-order valence-electron chi connectivity index (χ2n) is 4.17. The predicted molar refractivity (Wildman–Crippen MR) is 77.0 cm³/mol. The van der Waals surface area contributed by atoms with Gasteiger partial charge >= 0.3 is 0 Å². The number of rotatable bonds is 7. The number of hydrogen-bond donors (Lipinski definition) is 3. The molecule has 0 saturated heterocycles. The number of nitrogens with two attached hydrogens (primary N) is 1. The third-order valence-corrected chi connectivity index (χ3v) is 2.64. The lowest BCUT2D eigenvalue weighted by atomic mass is 10.2. The van der Waals surface area contributed by atoms with Crippen molar-refractivity contribution in [3.63, 3.8) is 0 Å². The number of hydrogen-bond acceptors (Lipinski definition) is 7. The second-order valence-corrected chi connectivity index (χ2v) is 4.17. The van der Waals surface area contributed by atoms with Gasteiger partial charge in [0.2, 0.25) is 0 Å². The largest absolute Gasteiger partial charge is 0.377 e. The standard InChI is InChI=1S/C13H18N6O/c1-20-9-13-17-11(7-12(18-13)19-14)16-6-4-10-3-2-5-15-8-10/h2-3,5,7-8H,4,6,9,14H2,1H3,(H2,16,17,18,19). The first-order chi connectivity index (χ1) is 9.81. The summed E-state index contributed by atoms with van der Waals surface area (Å²) in [5.74, 6) is 7.23. The Morgan fingerprint density at radius 1 is 1.30 bits per heavy atom. The number of hydrazine groups is 1. The molecule has 0 atom stereocenters. The zero-order chi connectivity index (χ0) is 14.2. The van der Waals surface area contributed by atoms with Crippen molar-refractivity contribution in [2.75, 3.05) is 24.4 Å². The van der Waals surface area contributed by atoms with Gasteiger partial charge in [-0.3, -0.25) is 4.98 Å². The SMILES string of the molecule is COCc1nc(NN)cc(NCCc2cccnc2)n1. The zero-order valence-electron chi connectivity index (χ0n) is 11.3. The lowest BCUT2D eigenvalue weighted by Gasteiger charge is -2.09. The van der Waals surface area contributed by atoms with Crippen molar-refractivity contribution in [1.29, 1.82) is 0 Å². The first-order valence-electron chi connectivity index (χ1n) is 6.28. The lowest BCUT2D eigenvalue weighted by Crippen LogP contribution is -2.13. The molecule has 0 fully saturated rings. The van der Waals surface area contributed by atoms with Crippen LogP contribution in [0, 0.1) is 0 Å². The minimum Gasteiger partial charge on any atom is -0.377 e. The van der Waals surface area contributed by atoms with Crippen LogP contribution in [-0.2, 0) is 17.8 Å². The van der Waals surface area contributed by atoms with Crippen LogP contribution in [-0.4, -0.2) is 28.6 Å². The molecule has 4 N–H and O–H groups in total. The summed E-state index contributed by atoms with van der Waals surface area (Å²) in [7, 11) is 1.60. The van der Waals surface area contributed by atoms with E-state index < -0.39 is 0 Å². The lowest BCUT2D eigenvalue weighted by molar-refractivity contribution is 0.178. The van der Waals surface area contributed by atoms with E-state index in [4.69, 9.17) is 10.6 Å². The Kier molecular flexibility index (Phi) is 5.22. The van der Waals surface area contributed by atoms with Crippen molar-refractivity contribution in [3.8, 4) is 0 Å². The highest BCUT2D eigenvalue weighted by Gasteiger charge is 2.03. The Balaban J connectivity index is 1.96. The normalized spacial score (nSPS) is 10.3. The highest BCUT2D eigenvalue weighted by Crippen LogP contribution is 2.11. The van der Waals surface area contributed by atoms with Gasteiger partial charge in [-0.05, 0) is 18.1 Å². The summed E-state index contributed by atoms with van der Waals surface area (Å²) in [6, 6.07) is 5.72. The summed E-state index contributed by atoms with van der Waals surface area (Å²) in [4.78, 5) is 12.6. The van der Waals surface area contributed by atoms with Crippen LogP contribution in [0.1, 0.15) is 11.4 Å². The van der Waals surface area contributed by atoms with E-state index in [2.05, 4.69) is 25.7 Å². The van der Waals surface area contributed by atoms with Crippen molar-refractivity contribution < 1.29 is 4.74 Å². The fraction of sp³-hybridized carbons (Fsp3) is 0.308. The van der Waals surface area contributed by atoms with Gasteiger partial charge in [0.25, 0.3) is 0 Å². The van der Waals surface area contributed by atoms with Gasteiger partial charge in [-0.25, -0.2) is 15.8 Å². The molecule has 0 unspecified atom stereocenters. The molecule has 0 bridgehead atoms. The third-order valence-electron chi connectivity index (χ3n) is 2.64. The van der Waals surface area contributed by atoms with E-state index in [0.717, 1.165) is 13.0 Å². The molecule has 7 heteroatoms. The molecule has 0 aliphatic carbocycles. The van der Waals surface area contributed by atoms with Gasteiger partial charge in [0, 0.05) is 32.1 Å². The molecule has 2 aromatic rings. The van der Waals surface area contributed by atoms with Crippen LogP contribution in [0.3, 0.4) is 0 Å². The van der Waals surface area contributed by atoms with E-state index in [1.807, 2.05) is 18.3 Å². The predicted octanol–water partition coefficient (Wildman–Crippen LogP) is 0.958. The minimum atomic E-state index is 0.340. The maximum absolute atomic E-state index is 5.39. The summed E-state index contributed by atoms with van der Waals surface area (Å²) in [6.07, 6.45) is 4.48. The minimum absolute atomic E-state index is 0.340. The summed E-state index contributed by atoms with van der Waals surface area (Å²) < 4.78 is 5.03. The summed E-state index contributed by atoms with van der Waals surface area (Å²) in [5.41, 5.74) is 3.69. The molecule has 106 valence electrons. The molecule has 20 heavy (non-hydrogen) atoms. The van der Waals surface area contributed by atoms with E-state index in [-0.39, 0.29) is 0 Å². The summed E-state index contributed by atoms with van der Waals surface area (Å²) >= 11 is 0. The van der Waals surface area contributed by atoms with Gasteiger partial charge in [-0.15, -0.1) is 0 Å². The molecule has 0 aliphatic heterocycles. The molecule has 2 aromatic heterocycles. The first-order valence-corrected chi connectivity index (χ1v) is 6.28. The van der Waals surface area contributed by atoms with Crippen molar-refractivity contribution in [2.24, 2.45) is 5.84 Å². The maximum Gasteiger partial charge on any atom is 0.158 e. The van der Waals surface area contributed by atoms with Crippen molar-refractivity contribution in [1.82, 2.24) is 15.0 Å². The molecule has 0 aliphatic rings. The van der Waals surface area contributed by atoms with Crippen LogP contribution in [0.15, 0.2) is 30.6 Å². The summed E-state index contributed by atoms with van der Waals surface area (Å²) in [6.45, 7) is 1.09. The average molecular weight is 274 g/mol. The molecule has 0 amide bonds. The van der Waals surface area contributed by atoms with Crippen LogP contribution in [0.2, 0.25) is 0 Å². The van der Waals surface area contributed by atoms with Crippen LogP contribution in [0.25, 0.3) is 0 Å². The van der Waals surface area contributed by atoms with Crippen LogP contribution >= 0.6 is 0 Å². The van der Waals surface area contributed by atoms with Gasteiger partial charge in [-0.2, -0.15) is 0 Å². The topological polar surface area (TPSA) is 98.0 Å². The third kappa shape index (κ3) is 4.15. The number of aromatic nitrogens is 3. The highest BCUT2D eigenvalue weighted by atomic mass is 16.5. The number of nitrogens with zero attached hydrogens (tertiary/aromatic N) is 3. The van der Waals surface area contributed by atoms with Gasteiger partial charge in [0.05, 0.1) is 0 Å². The maximum atomic E-state index is 5.39. The Bertz CT molecular complexity index is 534. The van der Waals surface area contributed by atoms with Gasteiger partial charge in [0.15, 0.2) is 5.82 Å². The number of anilines is 2. The molecular formula is C13H18N6O. The average Bonchev–Trinajstić information content (AvgIpc) is 2.48. The van der Waals surface area contributed by atoms with Crippen molar-refractivity contribution in [3.05, 3.63) is 42.0 Å². The molecule has 0 aromatic carbocycles. The smallest absolute Gasteiger partial charge is 0.158 e. The number of nitrogens with one attached hydrogen (secondary N) is 2. The molecular weight excluding hydrogens is 256 g/mol. The molecule has 0 spiro atoms. The number of ether oxygens (including phenoxy) is 1. The first kappa shape index (κ1) is 14.2. The molecule has 2 heterocycles. The van der Waals surface area contributed by atoms with E-state index in [1.165, 1.54) is 5.56 Å². The molecule has 2 rings (SSSR count). The van der Waals surface area contributed by atoms with Crippen molar-refractivity contribution >= 4 is 11.6 Å².